The Hall–Kier alpha value is -1.06. The quantitative estimate of drug-likeness (QED) is 0.796. The van der Waals surface area contributed by atoms with Crippen molar-refractivity contribution in [3.05, 3.63) is 29.8 Å². The number of aliphatic hydroxyl groups is 1. The molecule has 0 amide bonds. The molecule has 0 radical (unpaired) electrons. The number of hydrogen-bond donors (Lipinski definition) is 1. The molecule has 0 saturated heterocycles. The predicted molar refractivity (Wildman–Crippen MR) is 91.4 cm³/mol. The molecular weight excluding hydrogens is 274 g/mol. The molecule has 0 heterocycles. The number of likely N-dealkylation sites (N-methyl/N-ethyl adjacent to an activating group) is 1. The van der Waals surface area contributed by atoms with Crippen LogP contribution in [0.1, 0.15) is 51.0 Å². The minimum Gasteiger partial charge on any atom is -0.491 e. The van der Waals surface area contributed by atoms with Crippen molar-refractivity contribution in [1.82, 2.24) is 4.90 Å². The molecule has 124 valence electrons. The molecule has 22 heavy (non-hydrogen) atoms. The van der Waals surface area contributed by atoms with E-state index in [1.54, 1.807) is 0 Å². The largest absolute Gasteiger partial charge is 0.491 e. The number of nitrogens with zero attached hydrogens (tertiary/aromatic N) is 1. The lowest BCUT2D eigenvalue weighted by Crippen LogP contribution is -2.40. The molecular formula is C19H31NO2. The Morgan fingerprint density at radius 3 is 2.50 bits per heavy atom. The van der Waals surface area contributed by atoms with E-state index in [1.807, 2.05) is 12.1 Å². The van der Waals surface area contributed by atoms with Gasteiger partial charge in [-0.25, -0.2) is 0 Å². The smallest absolute Gasteiger partial charge is 0.119 e. The van der Waals surface area contributed by atoms with Crippen LogP contribution in [0.5, 0.6) is 5.75 Å². The first kappa shape index (κ1) is 17.3. The monoisotopic (exact) mass is 305 g/mol. The van der Waals surface area contributed by atoms with Crippen molar-refractivity contribution < 1.29 is 9.84 Å². The van der Waals surface area contributed by atoms with Gasteiger partial charge >= 0.3 is 0 Å². The third-order valence-electron chi connectivity index (χ3n) is 4.60. The fourth-order valence-corrected chi connectivity index (χ4v) is 3.29. The molecule has 0 spiro atoms. The molecule has 3 heteroatoms. The van der Waals surface area contributed by atoms with Crippen molar-refractivity contribution in [1.29, 1.82) is 0 Å². The zero-order valence-electron chi connectivity index (χ0n) is 14.1. The van der Waals surface area contributed by atoms with Crippen molar-refractivity contribution in [2.24, 2.45) is 0 Å². The van der Waals surface area contributed by atoms with E-state index in [0.29, 0.717) is 19.2 Å². The second-order valence-corrected chi connectivity index (χ2v) is 6.59. The average molecular weight is 305 g/mol. The van der Waals surface area contributed by atoms with Gasteiger partial charge in [-0.2, -0.15) is 0 Å². The van der Waals surface area contributed by atoms with E-state index in [-0.39, 0.29) is 0 Å². The van der Waals surface area contributed by atoms with Crippen LogP contribution in [0, 0.1) is 0 Å². The van der Waals surface area contributed by atoms with Crippen LogP contribution >= 0.6 is 0 Å². The molecule has 1 aliphatic carbocycles. The molecule has 1 fully saturated rings. The van der Waals surface area contributed by atoms with Crippen molar-refractivity contribution in [2.75, 3.05) is 20.2 Å². The molecule has 1 aromatic carbocycles. The van der Waals surface area contributed by atoms with Crippen molar-refractivity contribution in [3.63, 3.8) is 0 Å². The van der Waals surface area contributed by atoms with Gasteiger partial charge in [0.05, 0.1) is 0 Å². The van der Waals surface area contributed by atoms with Crippen LogP contribution in [0.15, 0.2) is 24.3 Å². The van der Waals surface area contributed by atoms with Crippen molar-refractivity contribution in [3.8, 4) is 5.75 Å². The van der Waals surface area contributed by atoms with Gasteiger partial charge in [-0.3, -0.25) is 0 Å². The Kier molecular flexibility index (Phi) is 7.20. The Morgan fingerprint density at radius 1 is 1.18 bits per heavy atom. The zero-order chi connectivity index (χ0) is 15.8. The number of benzene rings is 1. The first-order chi connectivity index (χ1) is 10.7. The van der Waals surface area contributed by atoms with Crippen LogP contribution in [-0.2, 0) is 6.42 Å². The van der Waals surface area contributed by atoms with Crippen LogP contribution in [0.4, 0.5) is 0 Å². The van der Waals surface area contributed by atoms with Crippen LogP contribution in [0.3, 0.4) is 0 Å². The van der Waals surface area contributed by atoms with Gasteiger partial charge in [0.1, 0.15) is 18.5 Å². The van der Waals surface area contributed by atoms with Crippen molar-refractivity contribution in [2.45, 2.75) is 64.0 Å². The summed E-state index contributed by atoms with van der Waals surface area (Å²) in [6.07, 6.45) is 8.39. The number of aryl methyl sites for hydroxylation is 1. The molecule has 1 aromatic rings. The normalized spacial score (nSPS) is 17.6. The Morgan fingerprint density at radius 2 is 1.86 bits per heavy atom. The summed E-state index contributed by atoms with van der Waals surface area (Å²) in [5.74, 6) is 0.847. The Bertz CT molecular complexity index is 412. The van der Waals surface area contributed by atoms with Crippen LogP contribution in [-0.4, -0.2) is 42.4 Å². The third-order valence-corrected chi connectivity index (χ3v) is 4.60. The minimum atomic E-state index is -0.428. The molecule has 0 aromatic heterocycles. The Labute approximate surface area is 135 Å². The summed E-state index contributed by atoms with van der Waals surface area (Å²) in [7, 11) is 2.12. The van der Waals surface area contributed by atoms with Gasteiger partial charge in [-0.1, -0.05) is 44.7 Å². The lowest BCUT2D eigenvalue weighted by atomic mass is 9.94. The minimum absolute atomic E-state index is 0.365. The van der Waals surface area contributed by atoms with E-state index >= 15 is 0 Å². The van der Waals surface area contributed by atoms with Gasteiger partial charge in [0.15, 0.2) is 0 Å². The summed E-state index contributed by atoms with van der Waals surface area (Å²) in [5.41, 5.74) is 1.34. The molecule has 3 nitrogen and oxygen atoms in total. The van der Waals surface area contributed by atoms with E-state index < -0.39 is 6.10 Å². The molecule has 2 rings (SSSR count). The van der Waals surface area contributed by atoms with Gasteiger partial charge in [0.25, 0.3) is 0 Å². The molecule has 1 aliphatic rings. The van der Waals surface area contributed by atoms with Crippen molar-refractivity contribution >= 4 is 0 Å². The number of hydrogen-bond acceptors (Lipinski definition) is 3. The molecule has 1 atom stereocenters. The second kappa shape index (κ2) is 9.16. The van der Waals surface area contributed by atoms with Crippen LogP contribution < -0.4 is 4.74 Å². The van der Waals surface area contributed by atoms with E-state index in [1.165, 1.54) is 37.7 Å². The summed E-state index contributed by atoms with van der Waals surface area (Å²) in [5, 5.41) is 10.2. The van der Waals surface area contributed by atoms with E-state index in [0.717, 1.165) is 18.6 Å². The molecule has 0 aliphatic heterocycles. The lowest BCUT2D eigenvalue weighted by Gasteiger charge is -2.32. The fourth-order valence-electron chi connectivity index (χ4n) is 3.29. The van der Waals surface area contributed by atoms with Crippen LogP contribution in [0.2, 0.25) is 0 Å². The third kappa shape index (κ3) is 5.62. The fraction of sp³-hybridized carbons (Fsp3) is 0.684. The molecule has 1 saturated carbocycles. The second-order valence-electron chi connectivity index (χ2n) is 6.59. The van der Waals surface area contributed by atoms with Gasteiger partial charge in [-0.05, 0) is 44.0 Å². The van der Waals surface area contributed by atoms with Gasteiger partial charge in [-0.15, -0.1) is 0 Å². The highest BCUT2D eigenvalue weighted by molar-refractivity contribution is 5.27. The van der Waals surface area contributed by atoms with Gasteiger partial charge in [0, 0.05) is 12.6 Å². The predicted octanol–water partition coefficient (Wildman–Crippen LogP) is 3.64. The van der Waals surface area contributed by atoms with E-state index in [9.17, 15) is 5.11 Å². The first-order valence-corrected chi connectivity index (χ1v) is 8.79. The highest BCUT2D eigenvalue weighted by atomic mass is 16.5. The molecule has 1 N–H and O–H groups in total. The highest BCUT2D eigenvalue weighted by Crippen LogP contribution is 2.21. The standard InChI is InChI=1S/C19H31NO2/c1-3-7-16-10-12-19(13-11-16)22-15-18(21)14-20(2)17-8-5-4-6-9-17/h10-13,17-18,21H,3-9,14-15H2,1-2H3. The maximum atomic E-state index is 10.2. The van der Waals surface area contributed by atoms with Gasteiger partial charge in [0.2, 0.25) is 0 Å². The number of rotatable bonds is 8. The highest BCUT2D eigenvalue weighted by Gasteiger charge is 2.20. The summed E-state index contributed by atoms with van der Waals surface area (Å²) in [6.45, 7) is 3.24. The SMILES string of the molecule is CCCc1ccc(OCC(O)CN(C)C2CCCCC2)cc1. The maximum absolute atomic E-state index is 10.2. The number of ether oxygens (including phenoxy) is 1. The van der Waals surface area contributed by atoms with E-state index in [2.05, 4.69) is 31.0 Å². The Balaban J connectivity index is 1.71. The summed E-state index contributed by atoms with van der Waals surface area (Å²) >= 11 is 0. The summed E-state index contributed by atoms with van der Waals surface area (Å²) < 4.78 is 5.71. The molecule has 1 unspecified atom stereocenters. The van der Waals surface area contributed by atoms with Gasteiger partial charge < -0.3 is 14.7 Å². The summed E-state index contributed by atoms with van der Waals surface area (Å²) in [4.78, 5) is 2.30. The zero-order valence-corrected chi connectivity index (χ0v) is 14.1. The first-order valence-electron chi connectivity index (χ1n) is 8.79. The van der Waals surface area contributed by atoms with Crippen LogP contribution in [0.25, 0.3) is 0 Å². The lowest BCUT2D eigenvalue weighted by molar-refractivity contribution is 0.0561. The number of aliphatic hydroxyl groups excluding tert-OH is 1. The summed E-state index contributed by atoms with van der Waals surface area (Å²) in [6, 6.07) is 8.86. The average Bonchev–Trinajstić information content (AvgIpc) is 2.55. The topological polar surface area (TPSA) is 32.7 Å². The molecule has 0 bridgehead atoms. The van der Waals surface area contributed by atoms with E-state index in [4.69, 9.17) is 4.74 Å². The maximum Gasteiger partial charge on any atom is 0.119 e.